The average molecular weight is 293 g/mol. The van der Waals surface area contributed by atoms with Crippen molar-refractivity contribution in [1.29, 1.82) is 0 Å². The van der Waals surface area contributed by atoms with Gasteiger partial charge in [0.1, 0.15) is 5.78 Å². The molecule has 0 N–H and O–H groups in total. The highest BCUT2D eigenvalue weighted by Crippen LogP contribution is 2.43. The van der Waals surface area contributed by atoms with Crippen LogP contribution in [-0.2, 0) is 4.79 Å². The van der Waals surface area contributed by atoms with Gasteiger partial charge in [0.15, 0.2) is 0 Å². The van der Waals surface area contributed by atoms with Crippen molar-refractivity contribution in [1.82, 2.24) is 4.90 Å². The van der Waals surface area contributed by atoms with Crippen LogP contribution in [0.1, 0.15) is 43.0 Å². The monoisotopic (exact) mass is 293 g/mol. The molecule has 2 aromatic rings. The first kappa shape index (κ1) is 15.0. The molecule has 0 aliphatic carbocycles. The number of likely N-dealkylation sites (tertiary alicyclic amines) is 1. The third-order valence-electron chi connectivity index (χ3n) is 4.88. The molecule has 1 fully saturated rings. The standard InChI is InChI=1S/C20H23NO/c1-3-17-19(22)14-18(15-10-6-4-7-11-15)21(2)20(17)16-12-8-5-9-13-16/h4-13,17-18,20H,3,14H2,1-2H3/t17?,18?,20-/m0/s1. The van der Waals surface area contributed by atoms with Gasteiger partial charge in [-0.25, -0.2) is 0 Å². The van der Waals surface area contributed by atoms with Gasteiger partial charge in [-0.3, -0.25) is 9.69 Å². The molecule has 1 aliphatic rings. The Morgan fingerprint density at radius 2 is 1.50 bits per heavy atom. The van der Waals surface area contributed by atoms with E-state index in [1.54, 1.807) is 0 Å². The average Bonchev–Trinajstić information content (AvgIpc) is 2.57. The molecule has 1 saturated heterocycles. The molecule has 22 heavy (non-hydrogen) atoms. The summed E-state index contributed by atoms with van der Waals surface area (Å²) >= 11 is 0. The van der Waals surface area contributed by atoms with E-state index in [0.29, 0.717) is 12.2 Å². The summed E-state index contributed by atoms with van der Waals surface area (Å²) in [7, 11) is 2.16. The fourth-order valence-electron chi connectivity index (χ4n) is 3.74. The molecule has 0 aromatic heterocycles. The normalized spacial score (nSPS) is 26.1. The molecule has 0 bridgehead atoms. The zero-order valence-electron chi connectivity index (χ0n) is 13.3. The van der Waals surface area contributed by atoms with Crippen molar-refractivity contribution in [2.24, 2.45) is 5.92 Å². The number of hydrogen-bond donors (Lipinski definition) is 0. The second-order valence-electron chi connectivity index (χ2n) is 6.13. The van der Waals surface area contributed by atoms with Gasteiger partial charge < -0.3 is 0 Å². The van der Waals surface area contributed by atoms with Crippen LogP contribution < -0.4 is 0 Å². The van der Waals surface area contributed by atoms with E-state index in [-0.39, 0.29) is 18.0 Å². The maximum Gasteiger partial charge on any atom is 0.139 e. The molecule has 3 rings (SSSR count). The van der Waals surface area contributed by atoms with Gasteiger partial charge in [0.2, 0.25) is 0 Å². The van der Waals surface area contributed by atoms with Gasteiger partial charge in [-0.2, -0.15) is 0 Å². The summed E-state index contributed by atoms with van der Waals surface area (Å²) < 4.78 is 0. The Bertz CT molecular complexity index is 623. The van der Waals surface area contributed by atoms with E-state index in [1.165, 1.54) is 11.1 Å². The van der Waals surface area contributed by atoms with Gasteiger partial charge in [0.05, 0.1) is 0 Å². The Morgan fingerprint density at radius 1 is 0.955 bits per heavy atom. The number of rotatable bonds is 3. The molecule has 3 atom stereocenters. The van der Waals surface area contributed by atoms with Crippen molar-refractivity contribution in [3.05, 3.63) is 71.8 Å². The van der Waals surface area contributed by atoms with Crippen LogP contribution in [0.2, 0.25) is 0 Å². The van der Waals surface area contributed by atoms with Gasteiger partial charge in [-0.05, 0) is 24.6 Å². The first-order valence-electron chi connectivity index (χ1n) is 8.07. The molecule has 0 spiro atoms. The number of Topliss-reactive ketones (excluding diaryl/α,β-unsaturated/α-hetero) is 1. The Labute approximate surface area is 132 Å². The topological polar surface area (TPSA) is 20.3 Å². The van der Waals surface area contributed by atoms with Crippen LogP contribution in [0, 0.1) is 5.92 Å². The van der Waals surface area contributed by atoms with Gasteiger partial charge in [-0.15, -0.1) is 0 Å². The van der Waals surface area contributed by atoms with Crippen molar-refractivity contribution < 1.29 is 4.79 Å². The molecule has 1 heterocycles. The molecule has 1 aliphatic heterocycles. The zero-order chi connectivity index (χ0) is 15.5. The number of carbonyl (C=O) groups is 1. The predicted molar refractivity (Wildman–Crippen MR) is 89.5 cm³/mol. The lowest BCUT2D eigenvalue weighted by molar-refractivity contribution is -0.131. The molecule has 0 saturated carbocycles. The molecule has 114 valence electrons. The molecular formula is C20H23NO. The molecule has 2 unspecified atom stereocenters. The Hall–Kier alpha value is -1.93. The van der Waals surface area contributed by atoms with E-state index in [0.717, 1.165) is 6.42 Å². The summed E-state index contributed by atoms with van der Waals surface area (Å²) in [6.07, 6.45) is 1.51. The number of piperidine rings is 1. The third-order valence-corrected chi connectivity index (χ3v) is 4.88. The highest BCUT2D eigenvalue weighted by Gasteiger charge is 2.40. The number of ketones is 1. The van der Waals surface area contributed by atoms with Crippen LogP contribution >= 0.6 is 0 Å². The van der Waals surface area contributed by atoms with E-state index in [1.807, 2.05) is 12.1 Å². The van der Waals surface area contributed by atoms with Crippen molar-refractivity contribution in [3.8, 4) is 0 Å². The summed E-state index contributed by atoms with van der Waals surface area (Å²) in [6.45, 7) is 2.12. The number of carbonyl (C=O) groups excluding carboxylic acids is 1. The second kappa shape index (κ2) is 6.45. The summed E-state index contributed by atoms with van der Waals surface area (Å²) in [5.74, 6) is 0.482. The van der Waals surface area contributed by atoms with Gasteiger partial charge in [0, 0.05) is 24.4 Å². The lowest BCUT2D eigenvalue weighted by atomic mass is 9.78. The van der Waals surface area contributed by atoms with E-state index in [2.05, 4.69) is 67.4 Å². The molecular weight excluding hydrogens is 270 g/mol. The third kappa shape index (κ3) is 2.71. The summed E-state index contributed by atoms with van der Waals surface area (Å²) in [5.41, 5.74) is 2.47. The van der Waals surface area contributed by atoms with E-state index >= 15 is 0 Å². The van der Waals surface area contributed by atoms with Gasteiger partial charge >= 0.3 is 0 Å². The molecule has 0 radical (unpaired) electrons. The summed E-state index contributed by atoms with van der Waals surface area (Å²) in [4.78, 5) is 15.1. The molecule has 0 amide bonds. The van der Waals surface area contributed by atoms with Crippen LogP contribution in [-0.4, -0.2) is 17.7 Å². The summed E-state index contributed by atoms with van der Waals surface area (Å²) in [5, 5.41) is 0. The fourth-order valence-corrected chi connectivity index (χ4v) is 3.74. The van der Waals surface area contributed by atoms with Crippen LogP contribution in [0.4, 0.5) is 0 Å². The number of hydrogen-bond acceptors (Lipinski definition) is 2. The Kier molecular flexibility index (Phi) is 4.39. The first-order valence-corrected chi connectivity index (χ1v) is 8.07. The van der Waals surface area contributed by atoms with Crippen molar-refractivity contribution in [2.45, 2.75) is 31.8 Å². The second-order valence-corrected chi connectivity index (χ2v) is 6.13. The van der Waals surface area contributed by atoms with E-state index < -0.39 is 0 Å². The van der Waals surface area contributed by atoms with Crippen molar-refractivity contribution in [3.63, 3.8) is 0 Å². The minimum atomic E-state index is 0.0902. The quantitative estimate of drug-likeness (QED) is 0.836. The van der Waals surface area contributed by atoms with Crippen LogP contribution in [0.25, 0.3) is 0 Å². The van der Waals surface area contributed by atoms with Crippen molar-refractivity contribution >= 4 is 5.78 Å². The minimum Gasteiger partial charge on any atom is -0.299 e. The van der Waals surface area contributed by atoms with E-state index in [9.17, 15) is 4.79 Å². The van der Waals surface area contributed by atoms with Gasteiger partial charge in [-0.1, -0.05) is 67.6 Å². The maximum absolute atomic E-state index is 12.7. The lowest BCUT2D eigenvalue weighted by Crippen LogP contribution is -2.43. The lowest BCUT2D eigenvalue weighted by Gasteiger charge is -2.44. The Morgan fingerprint density at radius 3 is 2.05 bits per heavy atom. The van der Waals surface area contributed by atoms with Crippen LogP contribution in [0.15, 0.2) is 60.7 Å². The number of benzene rings is 2. The predicted octanol–water partition coefficient (Wildman–Crippen LogP) is 4.40. The largest absolute Gasteiger partial charge is 0.299 e. The molecule has 2 heteroatoms. The summed E-state index contributed by atoms with van der Waals surface area (Å²) in [6, 6.07) is 21.2. The minimum absolute atomic E-state index is 0.0902. The molecule has 2 nitrogen and oxygen atoms in total. The SMILES string of the molecule is CCC1C(=O)CC(c2ccccc2)N(C)[C@H]1c1ccccc1. The van der Waals surface area contributed by atoms with E-state index in [4.69, 9.17) is 0 Å². The molecule has 2 aromatic carbocycles. The highest BCUT2D eigenvalue weighted by atomic mass is 16.1. The Balaban J connectivity index is 1.99. The smallest absolute Gasteiger partial charge is 0.139 e. The fraction of sp³-hybridized carbons (Fsp3) is 0.350. The zero-order valence-corrected chi connectivity index (χ0v) is 13.3. The first-order chi connectivity index (χ1) is 10.7. The van der Waals surface area contributed by atoms with Crippen LogP contribution in [0.5, 0.6) is 0 Å². The van der Waals surface area contributed by atoms with Crippen LogP contribution in [0.3, 0.4) is 0 Å². The maximum atomic E-state index is 12.7. The number of nitrogens with zero attached hydrogens (tertiary/aromatic N) is 1. The highest BCUT2D eigenvalue weighted by molar-refractivity contribution is 5.83. The van der Waals surface area contributed by atoms with Gasteiger partial charge in [0.25, 0.3) is 0 Å². The van der Waals surface area contributed by atoms with Crippen molar-refractivity contribution in [2.75, 3.05) is 7.05 Å².